The number of anilines is 2. The molecule has 3 heterocycles. The Balaban J connectivity index is 1.56. The predicted octanol–water partition coefficient (Wildman–Crippen LogP) is 2.18. The summed E-state index contributed by atoms with van der Waals surface area (Å²) in [6, 6.07) is 10.00. The number of carbonyl (C=O) groups excluding carboxylic acids is 1. The van der Waals surface area contributed by atoms with Gasteiger partial charge in [0.25, 0.3) is 0 Å². The normalized spacial score (nSPS) is 15.1. The van der Waals surface area contributed by atoms with Gasteiger partial charge in [-0.3, -0.25) is 4.79 Å². The molecule has 0 radical (unpaired) electrons. The molecule has 0 bridgehead atoms. The van der Waals surface area contributed by atoms with Crippen molar-refractivity contribution in [2.45, 2.75) is 25.8 Å². The lowest BCUT2D eigenvalue weighted by molar-refractivity contribution is -0.116. The highest BCUT2D eigenvalue weighted by molar-refractivity contribution is 5.93. The summed E-state index contributed by atoms with van der Waals surface area (Å²) < 4.78 is 1.64. The maximum Gasteiger partial charge on any atom is 0.224 e. The number of hydrogen-bond acceptors (Lipinski definition) is 5. The van der Waals surface area contributed by atoms with Crippen LogP contribution in [0, 0.1) is 0 Å². The molecule has 1 aliphatic heterocycles. The van der Waals surface area contributed by atoms with Crippen LogP contribution in [0.1, 0.15) is 30.5 Å². The van der Waals surface area contributed by atoms with E-state index in [0.29, 0.717) is 12.1 Å². The molecular weight excluding hydrogens is 292 g/mol. The number of nitrogens with one attached hydrogen (secondary N) is 2. The summed E-state index contributed by atoms with van der Waals surface area (Å²) in [6.07, 6.45) is 2.91. The van der Waals surface area contributed by atoms with Crippen molar-refractivity contribution in [3.63, 3.8) is 0 Å². The van der Waals surface area contributed by atoms with Gasteiger partial charge in [-0.15, -0.1) is 15.3 Å². The van der Waals surface area contributed by atoms with Gasteiger partial charge in [0.15, 0.2) is 5.65 Å². The molecule has 1 atom stereocenters. The van der Waals surface area contributed by atoms with Gasteiger partial charge in [-0.05, 0) is 42.7 Å². The van der Waals surface area contributed by atoms with Crippen molar-refractivity contribution in [2.24, 2.45) is 0 Å². The SMILES string of the molecule is CC(Nc1ccc2nncn2n1)c1ccc2c(c1)CCC(=O)N2. The molecule has 1 aromatic carbocycles. The second-order valence-corrected chi connectivity index (χ2v) is 5.68. The molecule has 7 nitrogen and oxygen atoms in total. The molecule has 2 aromatic heterocycles. The van der Waals surface area contributed by atoms with E-state index in [1.807, 2.05) is 24.3 Å². The van der Waals surface area contributed by atoms with Crippen molar-refractivity contribution in [3.8, 4) is 0 Å². The van der Waals surface area contributed by atoms with E-state index in [4.69, 9.17) is 0 Å². The fraction of sp³-hybridized carbons (Fsp3) is 0.250. The first-order valence-corrected chi connectivity index (χ1v) is 7.55. The van der Waals surface area contributed by atoms with Crippen LogP contribution in [0.3, 0.4) is 0 Å². The van der Waals surface area contributed by atoms with Crippen molar-refractivity contribution in [2.75, 3.05) is 10.6 Å². The van der Waals surface area contributed by atoms with Gasteiger partial charge in [0.2, 0.25) is 5.91 Å². The number of rotatable bonds is 3. The highest BCUT2D eigenvalue weighted by Gasteiger charge is 2.16. The average molecular weight is 308 g/mol. The molecule has 1 aliphatic rings. The van der Waals surface area contributed by atoms with E-state index in [1.54, 1.807) is 10.8 Å². The molecule has 1 amide bonds. The minimum absolute atomic E-state index is 0.0860. The third-order valence-corrected chi connectivity index (χ3v) is 4.05. The first kappa shape index (κ1) is 13.7. The van der Waals surface area contributed by atoms with Crippen LogP contribution in [0.2, 0.25) is 0 Å². The molecular formula is C16H16N6O. The van der Waals surface area contributed by atoms with E-state index in [2.05, 4.69) is 38.9 Å². The quantitative estimate of drug-likeness (QED) is 0.775. The van der Waals surface area contributed by atoms with Crippen LogP contribution in [-0.4, -0.2) is 25.7 Å². The third-order valence-electron chi connectivity index (χ3n) is 4.05. The van der Waals surface area contributed by atoms with Crippen LogP contribution < -0.4 is 10.6 Å². The summed E-state index contributed by atoms with van der Waals surface area (Å²) in [4.78, 5) is 11.4. The Hall–Kier alpha value is -2.96. The Bertz CT molecular complexity index is 887. The molecule has 0 saturated carbocycles. The molecule has 0 spiro atoms. The van der Waals surface area contributed by atoms with E-state index in [-0.39, 0.29) is 11.9 Å². The molecule has 2 N–H and O–H groups in total. The van der Waals surface area contributed by atoms with Gasteiger partial charge in [0, 0.05) is 12.1 Å². The summed E-state index contributed by atoms with van der Waals surface area (Å²) in [5.74, 6) is 0.846. The minimum atomic E-state index is 0.0860. The van der Waals surface area contributed by atoms with E-state index in [9.17, 15) is 4.79 Å². The zero-order chi connectivity index (χ0) is 15.8. The summed E-state index contributed by atoms with van der Waals surface area (Å²) in [7, 11) is 0. The Morgan fingerprint density at radius 2 is 2.17 bits per heavy atom. The number of amides is 1. The van der Waals surface area contributed by atoms with Crippen molar-refractivity contribution in [1.29, 1.82) is 0 Å². The summed E-state index contributed by atoms with van der Waals surface area (Å²) in [5, 5.41) is 18.5. The van der Waals surface area contributed by atoms with Gasteiger partial charge in [-0.25, -0.2) is 0 Å². The smallest absolute Gasteiger partial charge is 0.224 e. The van der Waals surface area contributed by atoms with Gasteiger partial charge in [-0.2, -0.15) is 4.52 Å². The number of hydrogen-bond donors (Lipinski definition) is 2. The van der Waals surface area contributed by atoms with Crippen molar-refractivity contribution < 1.29 is 4.79 Å². The Morgan fingerprint density at radius 3 is 3.09 bits per heavy atom. The lowest BCUT2D eigenvalue weighted by atomic mass is 9.98. The first-order chi connectivity index (χ1) is 11.2. The summed E-state index contributed by atoms with van der Waals surface area (Å²) in [6.45, 7) is 2.08. The van der Waals surface area contributed by atoms with Crippen LogP contribution in [0.4, 0.5) is 11.5 Å². The van der Waals surface area contributed by atoms with Gasteiger partial charge in [0.05, 0.1) is 6.04 Å². The van der Waals surface area contributed by atoms with Crippen LogP contribution in [0.15, 0.2) is 36.7 Å². The van der Waals surface area contributed by atoms with E-state index in [0.717, 1.165) is 23.5 Å². The molecule has 7 heteroatoms. The zero-order valence-electron chi connectivity index (χ0n) is 12.7. The summed E-state index contributed by atoms with van der Waals surface area (Å²) >= 11 is 0. The Kier molecular flexibility index (Phi) is 3.18. The largest absolute Gasteiger partial charge is 0.362 e. The number of aryl methyl sites for hydroxylation is 1. The fourth-order valence-corrected chi connectivity index (χ4v) is 2.78. The topological polar surface area (TPSA) is 84.2 Å². The molecule has 1 unspecified atom stereocenters. The van der Waals surface area contributed by atoms with Gasteiger partial charge in [0.1, 0.15) is 12.1 Å². The van der Waals surface area contributed by atoms with Crippen molar-refractivity contribution in [1.82, 2.24) is 19.8 Å². The zero-order valence-corrected chi connectivity index (χ0v) is 12.7. The van der Waals surface area contributed by atoms with Crippen LogP contribution in [0.25, 0.3) is 5.65 Å². The predicted molar refractivity (Wildman–Crippen MR) is 86.2 cm³/mol. The Labute approximate surface area is 132 Å². The van der Waals surface area contributed by atoms with Crippen LogP contribution in [-0.2, 0) is 11.2 Å². The highest BCUT2D eigenvalue weighted by Crippen LogP contribution is 2.27. The maximum atomic E-state index is 11.4. The standard InChI is InChI=1S/C16H16N6O/c1-10(18-14-5-6-15-20-17-9-22(15)21-14)11-2-4-13-12(8-11)3-7-16(23)19-13/h2,4-6,8-10H,3,7H2,1H3,(H,18,21)(H,19,23). The Morgan fingerprint density at radius 1 is 1.26 bits per heavy atom. The minimum Gasteiger partial charge on any atom is -0.362 e. The average Bonchev–Trinajstić information content (AvgIpc) is 3.02. The van der Waals surface area contributed by atoms with E-state index in [1.165, 1.54) is 5.56 Å². The van der Waals surface area contributed by atoms with E-state index >= 15 is 0 Å². The van der Waals surface area contributed by atoms with Gasteiger partial charge in [-0.1, -0.05) is 12.1 Å². The second-order valence-electron chi connectivity index (χ2n) is 5.68. The number of aromatic nitrogens is 4. The van der Waals surface area contributed by atoms with Gasteiger partial charge >= 0.3 is 0 Å². The van der Waals surface area contributed by atoms with Gasteiger partial charge < -0.3 is 10.6 Å². The molecule has 0 aliphatic carbocycles. The molecule has 0 fully saturated rings. The number of carbonyl (C=O) groups is 1. The number of fused-ring (bicyclic) bond motifs is 2. The second kappa shape index (κ2) is 5.35. The van der Waals surface area contributed by atoms with Crippen molar-refractivity contribution in [3.05, 3.63) is 47.8 Å². The third kappa shape index (κ3) is 2.61. The van der Waals surface area contributed by atoms with Crippen LogP contribution in [0.5, 0.6) is 0 Å². The number of benzene rings is 1. The number of nitrogens with zero attached hydrogens (tertiary/aromatic N) is 4. The molecule has 4 rings (SSSR count). The molecule has 23 heavy (non-hydrogen) atoms. The maximum absolute atomic E-state index is 11.4. The monoisotopic (exact) mass is 308 g/mol. The van der Waals surface area contributed by atoms with E-state index < -0.39 is 0 Å². The van der Waals surface area contributed by atoms with Crippen LogP contribution >= 0.6 is 0 Å². The molecule has 116 valence electrons. The molecule has 0 saturated heterocycles. The first-order valence-electron chi connectivity index (χ1n) is 7.55. The lowest BCUT2D eigenvalue weighted by Crippen LogP contribution is -2.19. The summed E-state index contributed by atoms with van der Waals surface area (Å²) in [5.41, 5.74) is 3.97. The lowest BCUT2D eigenvalue weighted by Gasteiger charge is -2.20. The highest BCUT2D eigenvalue weighted by atomic mass is 16.1. The fourth-order valence-electron chi connectivity index (χ4n) is 2.78. The molecule has 3 aromatic rings. The van der Waals surface area contributed by atoms with Crippen molar-refractivity contribution >= 4 is 23.1 Å².